The van der Waals surface area contributed by atoms with E-state index in [2.05, 4.69) is 14.9 Å². The molecule has 88 valence electrons. The third kappa shape index (κ3) is 1.93. The van der Waals surface area contributed by atoms with Gasteiger partial charge in [0.05, 0.1) is 18.9 Å². The van der Waals surface area contributed by atoms with Gasteiger partial charge in [0.25, 0.3) is 5.91 Å². The molecule has 5 heteroatoms. The van der Waals surface area contributed by atoms with E-state index in [-0.39, 0.29) is 11.8 Å². The number of ether oxygens (including phenoxy) is 1. The second kappa shape index (κ2) is 4.25. The van der Waals surface area contributed by atoms with Crippen LogP contribution in [0.1, 0.15) is 0 Å². The Labute approximate surface area is 99.2 Å². The average molecular weight is 231 g/mol. The zero-order valence-corrected chi connectivity index (χ0v) is 9.37. The van der Waals surface area contributed by atoms with E-state index < -0.39 is 0 Å². The number of morpholine rings is 1. The van der Waals surface area contributed by atoms with Crippen LogP contribution in [0.15, 0.2) is 33.9 Å². The summed E-state index contributed by atoms with van der Waals surface area (Å²) in [6, 6.07) is 0. The summed E-state index contributed by atoms with van der Waals surface area (Å²) < 4.78 is 5.32. The second-order valence-corrected chi connectivity index (χ2v) is 4.14. The summed E-state index contributed by atoms with van der Waals surface area (Å²) in [5.41, 5.74) is 1.89. The van der Waals surface area contributed by atoms with Gasteiger partial charge in [0.2, 0.25) is 0 Å². The Morgan fingerprint density at radius 3 is 3.00 bits per heavy atom. The normalized spacial score (nSPS) is 27.6. The molecule has 1 saturated heterocycles. The van der Waals surface area contributed by atoms with E-state index in [4.69, 9.17) is 4.74 Å². The summed E-state index contributed by atoms with van der Waals surface area (Å²) in [4.78, 5) is 21.6. The Bertz CT molecular complexity index is 456. The van der Waals surface area contributed by atoms with Gasteiger partial charge in [-0.25, -0.2) is 9.98 Å². The molecular formula is C12H13N3O2. The standard InChI is InChI=1S/C12H13N3O2/c16-12-10-2-1-9(7-11(10)13-8-14-12)15-3-5-17-6-4-15/h1-2,7-8,10H,3-6H2. The molecule has 3 aliphatic rings. The van der Waals surface area contributed by atoms with E-state index in [1.165, 1.54) is 6.34 Å². The van der Waals surface area contributed by atoms with Crippen LogP contribution in [0.2, 0.25) is 0 Å². The number of rotatable bonds is 1. The molecule has 1 amide bonds. The van der Waals surface area contributed by atoms with Crippen LogP contribution in [0, 0.1) is 5.92 Å². The van der Waals surface area contributed by atoms with Crippen LogP contribution in [0.3, 0.4) is 0 Å². The highest BCUT2D eigenvalue weighted by Crippen LogP contribution is 2.21. The molecule has 0 spiro atoms. The largest absolute Gasteiger partial charge is 0.378 e. The fraction of sp³-hybridized carbons (Fsp3) is 0.417. The minimum Gasteiger partial charge on any atom is -0.378 e. The fourth-order valence-corrected chi connectivity index (χ4v) is 2.16. The van der Waals surface area contributed by atoms with Crippen LogP contribution in [-0.2, 0) is 9.53 Å². The van der Waals surface area contributed by atoms with Gasteiger partial charge in [-0.2, -0.15) is 0 Å². The van der Waals surface area contributed by atoms with Crippen molar-refractivity contribution in [2.45, 2.75) is 0 Å². The van der Waals surface area contributed by atoms with E-state index in [0.717, 1.165) is 37.7 Å². The molecule has 17 heavy (non-hydrogen) atoms. The average Bonchev–Trinajstić information content (AvgIpc) is 2.40. The van der Waals surface area contributed by atoms with Gasteiger partial charge in [-0.3, -0.25) is 4.79 Å². The lowest BCUT2D eigenvalue weighted by atomic mass is 9.95. The zero-order chi connectivity index (χ0) is 11.7. The molecule has 0 aromatic heterocycles. The summed E-state index contributed by atoms with van der Waals surface area (Å²) in [5.74, 6) is -0.423. The Balaban J connectivity index is 1.84. The number of amides is 1. The van der Waals surface area contributed by atoms with Crippen LogP contribution in [0.5, 0.6) is 0 Å². The molecular weight excluding hydrogens is 218 g/mol. The van der Waals surface area contributed by atoms with E-state index in [9.17, 15) is 4.79 Å². The first-order chi connectivity index (χ1) is 8.34. The topological polar surface area (TPSA) is 54.3 Å². The van der Waals surface area contributed by atoms with Gasteiger partial charge in [-0.1, -0.05) is 6.08 Å². The monoisotopic (exact) mass is 231 g/mol. The lowest BCUT2D eigenvalue weighted by Crippen LogP contribution is -2.37. The number of carbonyl (C=O) groups is 1. The number of hydrogen-bond donors (Lipinski definition) is 0. The maximum Gasteiger partial charge on any atom is 0.260 e. The molecule has 0 radical (unpaired) electrons. The zero-order valence-electron chi connectivity index (χ0n) is 9.37. The molecule has 2 aliphatic heterocycles. The number of fused-ring (bicyclic) bond motifs is 1. The van der Waals surface area contributed by atoms with Gasteiger partial charge in [0.1, 0.15) is 12.3 Å². The summed E-state index contributed by atoms with van der Waals surface area (Å²) in [5, 5.41) is 0. The van der Waals surface area contributed by atoms with E-state index >= 15 is 0 Å². The second-order valence-electron chi connectivity index (χ2n) is 4.14. The maximum absolute atomic E-state index is 11.5. The predicted octanol–water partition coefficient (Wildman–Crippen LogP) is 0.398. The fourth-order valence-electron chi connectivity index (χ4n) is 2.16. The SMILES string of the molecule is O=C1N=CN=C2C=C(N3CCOCC3)C=CC12. The van der Waals surface area contributed by atoms with Gasteiger partial charge < -0.3 is 9.64 Å². The quantitative estimate of drug-likeness (QED) is 0.656. The smallest absolute Gasteiger partial charge is 0.260 e. The highest BCUT2D eigenvalue weighted by Gasteiger charge is 2.26. The molecule has 0 N–H and O–H groups in total. The number of hydrogen-bond acceptors (Lipinski definition) is 4. The predicted molar refractivity (Wildman–Crippen MR) is 64.0 cm³/mol. The summed E-state index contributed by atoms with van der Waals surface area (Å²) >= 11 is 0. The Morgan fingerprint density at radius 1 is 1.35 bits per heavy atom. The summed E-state index contributed by atoms with van der Waals surface area (Å²) in [6.45, 7) is 3.27. The molecule has 5 nitrogen and oxygen atoms in total. The first kappa shape index (κ1) is 10.4. The minimum absolute atomic E-state index is 0.136. The van der Waals surface area contributed by atoms with Gasteiger partial charge in [0, 0.05) is 18.8 Å². The van der Waals surface area contributed by atoms with Gasteiger partial charge in [-0.05, 0) is 12.2 Å². The van der Waals surface area contributed by atoms with E-state index in [0.29, 0.717) is 0 Å². The Hall–Kier alpha value is -1.75. The van der Waals surface area contributed by atoms with Crippen LogP contribution in [-0.4, -0.2) is 49.2 Å². The first-order valence-electron chi connectivity index (χ1n) is 5.71. The Morgan fingerprint density at radius 2 is 2.18 bits per heavy atom. The molecule has 0 bridgehead atoms. The van der Waals surface area contributed by atoms with Gasteiger partial charge in [-0.15, -0.1) is 0 Å². The van der Waals surface area contributed by atoms with Crippen molar-refractivity contribution in [3.05, 3.63) is 23.9 Å². The molecule has 0 saturated carbocycles. The molecule has 1 aliphatic carbocycles. The number of carbonyl (C=O) groups excluding carboxylic acids is 1. The number of aliphatic imine (C=N–C) groups is 2. The van der Waals surface area contributed by atoms with Crippen molar-refractivity contribution >= 4 is 18.0 Å². The van der Waals surface area contributed by atoms with Crippen molar-refractivity contribution in [2.24, 2.45) is 15.9 Å². The maximum atomic E-state index is 11.5. The highest BCUT2D eigenvalue weighted by molar-refractivity contribution is 6.18. The van der Waals surface area contributed by atoms with Crippen LogP contribution >= 0.6 is 0 Å². The molecule has 1 fully saturated rings. The van der Waals surface area contributed by atoms with Crippen molar-refractivity contribution in [2.75, 3.05) is 26.3 Å². The van der Waals surface area contributed by atoms with Crippen molar-refractivity contribution in [3.8, 4) is 0 Å². The van der Waals surface area contributed by atoms with Crippen molar-refractivity contribution in [3.63, 3.8) is 0 Å². The van der Waals surface area contributed by atoms with Gasteiger partial charge >= 0.3 is 0 Å². The van der Waals surface area contributed by atoms with Crippen LogP contribution < -0.4 is 0 Å². The van der Waals surface area contributed by atoms with Crippen molar-refractivity contribution < 1.29 is 9.53 Å². The van der Waals surface area contributed by atoms with Crippen LogP contribution in [0.4, 0.5) is 0 Å². The van der Waals surface area contributed by atoms with Gasteiger partial charge in [0.15, 0.2) is 0 Å². The molecule has 2 heterocycles. The summed E-state index contributed by atoms with van der Waals surface area (Å²) in [6.07, 6.45) is 7.16. The molecule has 0 aromatic carbocycles. The third-order valence-electron chi connectivity index (χ3n) is 3.11. The molecule has 1 unspecified atom stereocenters. The van der Waals surface area contributed by atoms with Crippen LogP contribution in [0.25, 0.3) is 0 Å². The van der Waals surface area contributed by atoms with E-state index in [1.54, 1.807) is 0 Å². The minimum atomic E-state index is -0.287. The molecule has 1 atom stereocenters. The lowest BCUT2D eigenvalue weighted by molar-refractivity contribution is -0.118. The Kier molecular flexibility index (Phi) is 2.60. The van der Waals surface area contributed by atoms with Crippen molar-refractivity contribution in [1.82, 2.24) is 4.90 Å². The number of allylic oxidation sites excluding steroid dienone is 2. The molecule has 0 aromatic rings. The van der Waals surface area contributed by atoms with E-state index in [1.807, 2.05) is 18.2 Å². The third-order valence-corrected chi connectivity index (χ3v) is 3.11. The lowest BCUT2D eigenvalue weighted by Gasteiger charge is -2.31. The number of nitrogens with zero attached hydrogens (tertiary/aromatic N) is 3. The summed E-state index contributed by atoms with van der Waals surface area (Å²) in [7, 11) is 0. The first-order valence-corrected chi connectivity index (χ1v) is 5.71. The molecule has 3 rings (SSSR count). The highest BCUT2D eigenvalue weighted by atomic mass is 16.5. The van der Waals surface area contributed by atoms with Crippen molar-refractivity contribution in [1.29, 1.82) is 0 Å².